The monoisotopic (exact) mass is 374 g/mol. The molecule has 0 fully saturated rings. The van der Waals surface area contributed by atoms with Crippen molar-refractivity contribution in [2.24, 2.45) is 0 Å². The van der Waals surface area contributed by atoms with Crippen LogP contribution in [0.2, 0.25) is 0 Å². The zero-order valence-electron chi connectivity index (χ0n) is 15.2. The summed E-state index contributed by atoms with van der Waals surface area (Å²) in [7, 11) is -3.67. The number of Topliss-reactive ketones (excluding diaryl/α,β-unsaturated/α-hetero) is 1. The van der Waals surface area contributed by atoms with Crippen molar-refractivity contribution in [2.75, 3.05) is 15.9 Å². The normalized spacial score (nSPS) is 12.3. The SMILES string of the molecule is CC(=O)c1cccc(NC(=O)[C@@H](C)N(c2cccc(C)c2)S(C)(=O)=O)c1. The lowest BCUT2D eigenvalue weighted by Crippen LogP contribution is -2.45. The molecule has 0 spiro atoms. The number of hydrogen-bond donors (Lipinski definition) is 1. The summed E-state index contributed by atoms with van der Waals surface area (Å²) in [4.78, 5) is 24.1. The number of benzene rings is 2. The summed E-state index contributed by atoms with van der Waals surface area (Å²) in [5.41, 5.74) is 2.21. The van der Waals surface area contributed by atoms with E-state index < -0.39 is 22.0 Å². The third kappa shape index (κ3) is 4.70. The Morgan fingerprint density at radius 3 is 2.31 bits per heavy atom. The average Bonchev–Trinajstić information content (AvgIpc) is 2.53. The fourth-order valence-corrected chi connectivity index (χ4v) is 3.80. The van der Waals surface area contributed by atoms with Crippen molar-refractivity contribution in [3.8, 4) is 0 Å². The van der Waals surface area contributed by atoms with Gasteiger partial charge in [-0.05, 0) is 50.6 Å². The van der Waals surface area contributed by atoms with Gasteiger partial charge < -0.3 is 5.32 Å². The van der Waals surface area contributed by atoms with Crippen molar-refractivity contribution in [1.29, 1.82) is 0 Å². The number of aryl methyl sites for hydroxylation is 1. The Labute approximate surface area is 153 Å². The summed E-state index contributed by atoms with van der Waals surface area (Å²) in [6.45, 7) is 4.81. The Morgan fingerprint density at radius 2 is 1.73 bits per heavy atom. The highest BCUT2D eigenvalue weighted by atomic mass is 32.2. The Hall–Kier alpha value is -2.67. The molecular weight excluding hydrogens is 352 g/mol. The number of nitrogens with zero attached hydrogens (tertiary/aromatic N) is 1. The number of nitrogens with one attached hydrogen (secondary N) is 1. The predicted octanol–water partition coefficient (Wildman–Crippen LogP) is 2.99. The highest BCUT2D eigenvalue weighted by Crippen LogP contribution is 2.23. The van der Waals surface area contributed by atoms with Crippen LogP contribution in [-0.2, 0) is 14.8 Å². The van der Waals surface area contributed by atoms with Gasteiger partial charge >= 0.3 is 0 Å². The lowest BCUT2D eigenvalue weighted by Gasteiger charge is -2.28. The summed E-state index contributed by atoms with van der Waals surface area (Å²) in [6, 6.07) is 12.5. The van der Waals surface area contributed by atoms with Crippen LogP contribution in [0.4, 0.5) is 11.4 Å². The van der Waals surface area contributed by atoms with E-state index in [1.807, 2.05) is 13.0 Å². The van der Waals surface area contributed by atoms with Gasteiger partial charge in [0.15, 0.2) is 5.78 Å². The summed E-state index contributed by atoms with van der Waals surface area (Å²) in [6.07, 6.45) is 1.06. The molecule has 2 aromatic rings. The Bertz CT molecular complexity index is 938. The average molecular weight is 374 g/mol. The lowest BCUT2D eigenvalue weighted by molar-refractivity contribution is -0.116. The minimum Gasteiger partial charge on any atom is -0.324 e. The number of amides is 1. The molecule has 26 heavy (non-hydrogen) atoms. The number of ketones is 1. The number of rotatable bonds is 6. The molecule has 2 aromatic carbocycles. The quantitative estimate of drug-likeness (QED) is 0.788. The van der Waals surface area contributed by atoms with E-state index in [0.29, 0.717) is 16.9 Å². The van der Waals surface area contributed by atoms with E-state index >= 15 is 0 Å². The summed E-state index contributed by atoms with van der Waals surface area (Å²) in [5.74, 6) is -0.607. The van der Waals surface area contributed by atoms with Crippen molar-refractivity contribution < 1.29 is 18.0 Å². The summed E-state index contributed by atoms with van der Waals surface area (Å²) >= 11 is 0. The number of anilines is 2. The number of carbonyl (C=O) groups is 2. The molecule has 0 saturated heterocycles. The highest BCUT2D eigenvalue weighted by molar-refractivity contribution is 7.92. The van der Waals surface area contributed by atoms with Gasteiger partial charge in [-0.3, -0.25) is 13.9 Å². The fourth-order valence-electron chi connectivity index (χ4n) is 2.64. The van der Waals surface area contributed by atoms with Crippen molar-refractivity contribution in [1.82, 2.24) is 0 Å². The van der Waals surface area contributed by atoms with Gasteiger partial charge in [-0.15, -0.1) is 0 Å². The van der Waals surface area contributed by atoms with E-state index in [1.165, 1.54) is 13.8 Å². The first-order valence-electron chi connectivity index (χ1n) is 8.07. The van der Waals surface area contributed by atoms with Crippen LogP contribution < -0.4 is 9.62 Å². The van der Waals surface area contributed by atoms with Crippen LogP contribution in [0.3, 0.4) is 0 Å². The summed E-state index contributed by atoms with van der Waals surface area (Å²) in [5, 5.41) is 2.68. The lowest BCUT2D eigenvalue weighted by atomic mass is 10.1. The van der Waals surface area contributed by atoms with Crippen LogP contribution in [0.1, 0.15) is 29.8 Å². The van der Waals surface area contributed by atoms with Crippen molar-refractivity contribution in [2.45, 2.75) is 26.8 Å². The molecule has 0 heterocycles. The smallest absolute Gasteiger partial charge is 0.247 e. The van der Waals surface area contributed by atoms with Gasteiger partial charge in [-0.2, -0.15) is 0 Å². The van der Waals surface area contributed by atoms with Gasteiger partial charge in [-0.1, -0.05) is 24.3 Å². The van der Waals surface area contributed by atoms with Gasteiger partial charge in [0.25, 0.3) is 0 Å². The molecule has 6 nitrogen and oxygen atoms in total. The minimum atomic E-state index is -3.67. The molecule has 0 radical (unpaired) electrons. The second-order valence-corrected chi connectivity index (χ2v) is 8.06. The van der Waals surface area contributed by atoms with Gasteiger partial charge in [-0.25, -0.2) is 8.42 Å². The van der Waals surface area contributed by atoms with Crippen LogP contribution in [0.5, 0.6) is 0 Å². The molecule has 2 rings (SSSR count). The highest BCUT2D eigenvalue weighted by Gasteiger charge is 2.29. The molecule has 0 bridgehead atoms. The van der Waals surface area contributed by atoms with Crippen molar-refractivity contribution in [3.05, 3.63) is 59.7 Å². The summed E-state index contributed by atoms with van der Waals surface area (Å²) < 4.78 is 25.7. The van der Waals surface area contributed by atoms with E-state index in [2.05, 4.69) is 5.32 Å². The molecule has 0 unspecified atom stereocenters. The van der Waals surface area contributed by atoms with Crippen LogP contribution in [0.15, 0.2) is 48.5 Å². The Balaban J connectivity index is 2.31. The topological polar surface area (TPSA) is 83.6 Å². The third-order valence-electron chi connectivity index (χ3n) is 3.88. The standard InChI is InChI=1S/C19H22N2O4S/c1-13-7-5-10-18(11-13)21(26(4,24)25)14(2)19(23)20-17-9-6-8-16(12-17)15(3)22/h5-12,14H,1-4H3,(H,20,23)/t14-/m1/s1. The van der Waals surface area contributed by atoms with E-state index in [1.54, 1.807) is 42.5 Å². The predicted molar refractivity (Wildman–Crippen MR) is 103 cm³/mol. The number of sulfonamides is 1. The third-order valence-corrected chi connectivity index (χ3v) is 5.12. The molecule has 1 amide bonds. The first-order valence-corrected chi connectivity index (χ1v) is 9.92. The molecule has 0 aliphatic carbocycles. The molecule has 7 heteroatoms. The van der Waals surface area contributed by atoms with E-state index in [0.717, 1.165) is 16.1 Å². The van der Waals surface area contributed by atoms with Crippen LogP contribution in [-0.4, -0.2) is 32.4 Å². The molecule has 0 aliphatic rings. The Kier molecular flexibility index (Phi) is 5.82. The zero-order valence-corrected chi connectivity index (χ0v) is 16.0. The second-order valence-electron chi connectivity index (χ2n) is 6.20. The van der Waals surface area contributed by atoms with Crippen LogP contribution in [0, 0.1) is 6.92 Å². The maximum Gasteiger partial charge on any atom is 0.247 e. The molecule has 0 saturated carbocycles. The zero-order chi connectivity index (χ0) is 19.5. The second kappa shape index (κ2) is 7.70. The van der Waals surface area contributed by atoms with Crippen LogP contribution >= 0.6 is 0 Å². The van der Waals surface area contributed by atoms with Gasteiger partial charge in [0.2, 0.25) is 15.9 Å². The molecule has 138 valence electrons. The molecule has 1 atom stereocenters. The first kappa shape index (κ1) is 19.7. The van der Waals surface area contributed by atoms with Crippen molar-refractivity contribution in [3.63, 3.8) is 0 Å². The molecule has 0 aromatic heterocycles. The maximum atomic E-state index is 12.6. The van der Waals surface area contributed by atoms with E-state index in [9.17, 15) is 18.0 Å². The van der Waals surface area contributed by atoms with E-state index in [-0.39, 0.29) is 5.78 Å². The molecular formula is C19H22N2O4S. The van der Waals surface area contributed by atoms with Gasteiger partial charge in [0.1, 0.15) is 6.04 Å². The van der Waals surface area contributed by atoms with Crippen molar-refractivity contribution >= 4 is 33.1 Å². The largest absolute Gasteiger partial charge is 0.324 e. The van der Waals surface area contributed by atoms with Gasteiger partial charge in [0.05, 0.1) is 11.9 Å². The maximum absolute atomic E-state index is 12.6. The van der Waals surface area contributed by atoms with Crippen LogP contribution in [0.25, 0.3) is 0 Å². The number of hydrogen-bond acceptors (Lipinski definition) is 4. The Morgan fingerprint density at radius 1 is 1.08 bits per heavy atom. The number of carbonyl (C=O) groups excluding carboxylic acids is 2. The van der Waals surface area contributed by atoms with E-state index in [4.69, 9.17) is 0 Å². The molecule has 1 N–H and O–H groups in total. The minimum absolute atomic E-state index is 0.119. The molecule has 0 aliphatic heterocycles. The first-order chi connectivity index (χ1) is 12.1. The van der Waals surface area contributed by atoms with Gasteiger partial charge in [0, 0.05) is 11.3 Å². The fraction of sp³-hybridized carbons (Fsp3) is 0.263.